The highest BCUT2D eigenvalue weighted by Gasteiger charge is 2.45. The van der Waals surface area contributed by atoms with Gasteiger partial charge < -0.3 is 13.7 Å². The molecule has 0 radical (unpaired) electrons. The van der Waals surface area contributed by atoms with Crippen LogP contribution in [0.25, 0.3) is 0 Å². The zero-order chi connectivity index (χ0) is 19.0. The molecule has 3 rings (SSSR count). The van der Waals surface area contributed by atoms with Gasteiger partial charge in [0.25, 0.3) is 0 Å². The van der Waals surface area contributed by atoms with E-state index in [-0.39, 0.29) is 24.1 Å². The molecule has 0 saturated carbocycles. The van der Waals surface area contributed by atoms with Gasteiger partial charge in [0.15, 0.2) is 0 Å². The van der Waals surface area contributed by atoms with E-state index in [4.69, 9.17) is 13.7 Å². The third-order valence-electron chi connectivity index (χ3n) is 4.56. The highest BCUT2D eigenvalue weighted by atomic mass is 32.2. The Bertz CT molecular complexity index is 762. The molecule has 138 valence electrons. The van der Waals surface area contributed by atoms with Gasteiger partial charge in [0, 0.05) is 29.1 Å². The summed E-state index contributed by atoms with van der Waals surface area (Å²) < 4.78 is 16.1. The Balaban J connectivity index is 1.93. The predicted octanol–water partition coefficient (Wildman–Crippen LogP) is 2.81. The maximum atomic E-state index is 12.2. The SMILES string of the molecule is C=C(C)C(=O)OSC1CC2=C[C@@H](C/C(C)=C/[C@H]3OC(=O)C(=C)[C@H]13)OC2=O. The number of rotatable bonds is 3. The average Bonchev–Trinajstić information content (AvgIpc) is 3.02. The van der Waals surface area contributed by atoms with Gasteiger partial charge in [0.05, 0.1) is 17.3 Å². The molecular weight excluding hydrogens is 356 g/mol. The molecule has 1 unspecified atom stereocenters. The van der Waals surface area contributed by atoms with Crippen LogP contribution in [0.2, 0.25) is 0 Å². The van der Waals surface area contributed by atoms with Crippen LogP contribution in [0.15, 0.2) is 47.6 Å². The van der Waals surface area contributed by atoms with Gasteiger partial charge >= 0.3 is 17.9 Å². The first-order valence-corrected chi connectivity index (χ1v) is 9.08. The molecular formula is C19H20O6S. The van der Waals surface area contributed by atoms with E-state index in [0.717, 1.165) is 17.6 Å². The first-order chi connectivity index (χ1) is 12.3. The molecule has 0 aromatic carbocycles. The lowest BCUT2D eigenvalue weighted by atomic mass is 9.87. The predicted molar refractivity (Wildman–Crippen MR) is 95.7 cm³/mol. The Morgan fingerprint density at radius 1 is 1.23 bits per heavy atom. The largest absolute Gasteiger partial charge is 0.454 e. The highest BCUT2D eigenvalue weighted by Crippen LogP contribution is 2.42. The fourth-order valence-corrected chi connectivity index (χ4v) is 4.29. The summed E-state index contributed by atoms with van der Waals surface area (Å²) in [6, 6.07) is 0. The maximum Gasteiger partial charge on any atom is 0.345 e. The Labute approximate surface area is 156 Å². The Kier molecular flexibility index (Phi) is 5.09. The molecule has 1 saturated heterocycles. The number of fused-ring (bicyclic) bond motifs is 2. The van der Waals surface area contributed by atoms with E-state index >= 15 is 0 Å². The zero-order valence-electron chi connectivity index (χ0n) is 14.7. The fourth-order valence-electron chi connectivity index (χ4n) is 3.25. The van der Waals surface area contributed by atoms with Crippen molar-refractivity contribution in [1.29, 1.82) is 0 Å². The van der Waals surface area contributed by atoms with Gasteiger partial charge in [-0.1, -0.05) is 18.7 Å². The van der Waals surface area contributed by atoms with Gasteiger partial charge in [-0.3, -0.25) is 0 Å². The van der Waals surface area contributed by atoms with E-state index in [1.807, 2.05) is 13.0 Å². The lowest BCUT2D eigenvalue weighted by Gasteiger charge is -2.24. The van der Waals surface area contributed by atoms with Crippen LogP contribution in [-0.2, 0) is 28.0 Å². The van der Waals surface area contributed by atoms with Crippen molar-refractivity contribution in [3.8, 4) is 0 Å². The first kappa shape index (κ1) is 18.5. The van der Waals surface area contributed by atoms with Crippen LogP contribution in [0, 0.1) is 5.92 Å². The lowest BCUT2D eigenvalue weighted by molar-refractivity contribution is -0.140. The minimum atomic E-state index is -0.549. The number of esters is 2. The van der Waals surface area contributed by atoms with E-state index < -0.39 is 29.2 Å². The molecule has 3 aliphatic rings. The van der Waals surface area contributed by atoms with Crippen molar-refractivity contribution in [1.82, 2.24) is 0 Å². The standard InChI is InChI=1S/C19H20O6S/c1-9(2)17(20)25-26-15-8-12-7-13(23-19(12)22)5-10(3)6-14-16(15)11(4)18(21)24-14/h6-7,13-16H,1,4-5,8H2,2-3H3/b10-6+/t13-,14-,15?,16+/m1/s1. The van der Waals surface area contributed by atoms with Crippen molar-refractivity contribution < 1.29 is 28.0 Å². The van der Waals surface area contributed by atoms with Gasteiger partial charge in [-0.15, -0.1) is 0 Å². The topological polar surface area (TPSA) is 78.9 Å². The number of hydrogen-bond donors (Lipinski definition) is 0. The minimum Gasteiger partial charge on any atom is -0.454 e. The van der Waals surface area contributed by atoms with Crippen molar-refractivity contribution in [2.45, 2.75) is 44.1 Å². The Morgan fingerprint density at radius 2 is 1.96 bits per heavy atom. The minimum absolute atomic E-state index is 0.266. The molecule has 2 aliphatic heterocycles. The van der Waals surface area contributed by atoms with Crippen LogP contribution in [0.3, 0.4) is 0 Å². The molecule has 1 fully saturated rings. The number of carbonyl (C=O) groups excluding carboxylic acids is 3. The third-order valence-corrected chi connectivity index (χ3v) is 5.51. The highest BCUT2D eigenvalue weighted by molar-refractivity contribution is 7.95. The molecule has 4 atom stereocenters. The molecule has 0 spiro atoms. The molecule has 2 heterocycles. The van der Waals surface area contributed by atoms with Crippen LogP contribution in [-0.4, -0.2) is 35.4 Å². The maximum absolute atomic E-state index is 12.2. The van der Waals surface area contributed by atoms with Crippen LogP contribution in [0.1, 0.15) is 26.7 Å². The smallest absolute Gasteiger partial charge is 0.345 e. The summed E-state index contributed by atoms with van der Waals surface area (Å²) in [5.74, 6) is -1.81. The molecule has 6 nitrogen and oxygen atoms in total. The molecule has 0 N–H and O–H groups in total. The molecule has 0 amide bonds. The van der Waals surface area contributed by atoms with Crippen molar-refractivity contribution in [3.05, 3.63) is 47.6 Å². The molecule has 2 bridgehead atoms. The second-order valence-corrected chi connectivity index (χ2v) is 7.73. The van der Waals surface area contributed by atoms with Crippen molar-refractivity contribution in [2.24, 2.45) is 5.92 Å². The van der Waals surface area contributed by atoms with Crippen LogP contribution >= 0.6 is 12.0 Å². The van der Waals surface area contributed by atoms with Gasteiger partial charge in [-0.25, -0.2) is 14.4 Å². The van der Waals surface area contributed by atoms with Gasteiger partial charge in [-0.05, 0) is 32.4 Å². The molecule has 0 aromatic heterocycles. The summed E-state index contributed by atoms with van der Waals surface area (Å²) in [6.07, 6.45) is 3.66. The van der Waals surface area contributed by atoms with E-state index in [9.17, 15) is 14.4 Å². The Morgan fingerprint density at radius 3 is 2.65 bits per heavy atom. The summed E-state index contributed by atoms with van der Waals surface area (Å²) in [7, 11) is 0. The third kappa shape index (κ3) is 3.62. The second-order valence-electron chi connectivity index (χ2n) is 6.76. The van der Waals surface area contributed by atoms with Crippen LogP contribution in [0.4, 0.5) is 0 Å². The van der Waals surface area contributed by atoms with Crippen molar-refractivity contribution in [2.75, 3.05) is 0 Å². The summed E-state index contributed by atoms with van der Waals surface area (Å²) >= 11 is 0.914. The Hall–Kier alpha value is -2.28. The molecule has 7 heteroatoms. The average molecular weight is 376 g/mol. The second kappa shape index (κ2) is 7.15. The van der Waals surface area contributed by atoms with Crippen molar-refractivity contribution >= 4 is 30.0 Å². The fraction of sp³-hybridized carbons (Fsp3) is 0.421. The zero-order valence-corrected chi connectivity index (χ0v) is 15.5. The number of carbonyl (C=O) groups is 3. The van der Waals surface area contributed by atoms with Crippen molar-refractivity contribution in [3.63, 3.8) is 0 Å². The van der Waals surface area contributed by atoms with E-state index in [1.165, 1.54) is 0 Å². The monoisotopic (exact) mass is 376 g/mol. The number of ether oxygens (including phenoxy) is 2. The number of hydrogen-bond acceptors (Lipinski definition) is 7. The summed E-state index contributed by atoms with van der Waals surface area (Å²) in [5, 5.41) is -0.415. The molecule has 26 heavy (non-hydrogen) atoms. The summed E-state index contributed by atoms with van der Waals surface area (Å²) in [4.78, 5) is 36.0. The molecule has 1 aliphatic carbocycles. The normalized spacial score (nSPS) is 32.6. The van der Waals surface area contributed by atoms with Gasteiger partial charge in [-0.2, -0.15) is 0 Å². The van der Waals surface area contributed by atoms with Crippen LogP contribution < -0.4 is 0 Å². The quantitative estimate of drug-likeness (QED) is 0.324. The summed E-state index contributed by atoms with van der Waals surface area (Å²) in [5.41, 5.74) is 2.04. The lowest BCUT2D eigenvalue weighted by Crippen LogP contribution is -2.28. The van der Waals surface area contributed by atoms with E-state index in [1.54, 1.807) is 13.0 Å². The van der Waals surface area contributed by atoms with Gasteiger partial charge in [0.2, 0.25) is 0 Å². The van der Waals surface area contributed by atoms with E-state index in [0.29, 0.717) is 17.6 Å². The van der Waals surface area contributed by atoms with Crippen LogP contribution in [0.5, 0.6) is 0 Å². The summed E-state index contributed by atoms with van der Waals surface area (Å²) in [6.45, 7) is 10.9. The van der Waals surface area contributed by atoms with Gasteiger partial charge in [0.1, 0.15) is 12.2 Å². The first-order valence-electron chi connectivity index (χ1n) is 8.28. The molecule has 0 aromatic rings. The van der Waals surface area contributed by atoms with E-state index in [2.05, 4.69) is 13.2 Å².